The van der Waals surface area contributed by atoms with Crippen LogP contribution in [-0.2, 0) is 0 Å². The van der Waals surface area contributed by atoms with Crippen LogP contribution in [0.25, 0.3) is 22.9 Å². The average Bonchev–Trinajstić information content (AvgIpc) is 3.21. The van der Waals surface area contributed by atoms with Gasteiger partial charge in [-0.05, 0) is 36.4 Å². The zero-order valence-electron chi connectivity index (χ0n) is 15.2. The molecule has 3 rings (SSSR count). The summed E-state index contributed by atoms with van der Waals surface area (Å²) in [5, 5.41) is 12.2. The number of thiazole rings is 1. The number of nitriles is 1. The van der Waals surface area contributed by atoms with Crippen molar-refractivity contribution in [2.75, 3.05) is 21.3 Å². The fourth-order valence-electron chi connectivity index (χ4n) is 2.61. The van der Waals surface area contributed by atoms with E-state index in [0.29, 0.717) is 22.1 Å². The van der Waals surface area contributed by atoms with Gasteiger partial charge in [0.25, 0.3) is 0 Å². The second-order valence-electron chi connectivity index (χ2n) is 5.52. The quantitative estimate of drug-likeness (QED) is 0.571. The highest BCUT2D eigenvalue weighted by molar-refractivity contribution is 7.11. The molecule has 0 aliphatic heterocycles. The van der Waals surface area contributed by atoms with Gasteiger partial charge in [-0.15, -0.1) is 11.3 Å². The Balaban J connectivity index is 1.96. The Kier molecular flexibility index (Phi) is 5.74. The molecule has 27 heavy (non-hydrogen) atoms. The molecule has 0 amide bonds. The normalized spacial score (nSPS) is 11.0. The summed E-state index contributed by atoms with van der Waals surface area (Å²) in [7, 11) is 4.79. The lowest BCUT2D eigenvalue weighted by Crippen LogP contribution is -1.93. The van der Waals surface area contributed by atoms with Crippen molar-refractivity contribution >= 4 is 23.0 Å². The summed E-state index contributed by atoms with van der Waals surface area (Å²) in [6.45, 7) is 0. The highest BCUT2D eigenvalue weighted by Gasteiger charge is 2.13. The molecule has 0 unspecified atom stereocenters. The summed E-state index contributed by atoms with van der Waals surface area (Å²) >= 11 is 1.42. The standard InChI is InChI=1S/C21H18N2O3S/c1-24-17-9-7-14(8-10-17)18-13-27-21(23-18)16(12-22)11-15-5-4-6-19(25-2)20(15)26-3/h4-11,13H,1-3H3/b16-11+. The summed E-state index contributed by atoms with van der Waals surface area (Å²) in [5.41, 5.74) is 3.01. The Bertz CT molecular complexity index is 1000. The lowest BCUT2D eigenvalue weighted by atomic mass is 10.1. The minimum atomic E-state index is 0.464. The van der Waals surface area contributed by atoms with Gasteiger partial charge in [0.15, 0.2) is 11.5 Å². The third-order valence-corrected chi connectivity index (χ3v) is 4.85. The Hall–Kier alpha value is -3.30. The van der Waals surface area contributed by atoms with Crippen molar-refractivity contribution in [3.8, 4) is 34.6 Å². The lowest BCUT2D eigenvalue weighted by Gasteiger charge is -2.10. The Labute approximate surface area is 162 Å². The zero-order valence-corrected chi connectivity index (χ0v) is 16.0. The van der Waals surface area contributed by atoms with Gasteiger partial charge in [0.1, 0.15) is 16.8 Å². The van der Waals surface area contributed by atoms with Gasteiger partial charge in [-0.3, -0.25) is 0 Å². The summed E-state index contributed by atoms with van der Waals surface area (Å²) in [6.07, 6.45) is 1.76. The predicted molar refractivity (Wildman–Crippen MR) is 107 cm³/mol. The van der Waals surface area contributed by atoms with E-state index in [1.165, 1.54) is 11.3 Å². The third-order valence-electron chi connectivity index (χ3n) is 3.97. The van der Waals surface area contributed by atoms with Crippen LogP contribution in [-0.4, -0.2) is 26.3 Å². The van der Waals surface area contributed by atoms with Crippen molar-refractivity contribution in [1.29, 1.82) is 5.26 Å². The maximum atomic E-state index is 9.64. The number of benzene rings is 2. The van der Waals surface area contributed by atoms with Gasteiger partial charge in [-0.25, -0.2) is 4.98 Å². The second-order valence-corrected chi connectivity index (χ2v) is 6.38. The molecule has 2 aromatic carbocycles. The van der Waals surface area contributed by atoms with Crippen LogP contribution < -0.4 is 14.2 Å². The van der Waals surface area contributed by atoms with Crippen LogP contribution in [0.2, 0.25) is 0 Å². The third kappa shape index (κ3) is 3.94. The second kappa shape index (κ2) is 8.39. The Morgan fingerprint density at radius 3 is 2.44 bits per heavy atom. The number of aromatic nitrogens is 1. The number of para-hydroxylation sites is 1. The molecule has 0 atom stereocenters. The molecule has 0 spiro atoms. The number of methoxy groups -OCH3 is 3. The maximum Gasteiger partial charge on any atom is 0.167 e. The first kappa shape index (κ1) is 18.5. The van der Waals surface area contributed by atoms with E-state index in [9.17, 15) is 5.26 Å². The van der Waals surface area contributed by atoms with E-state index in [-0.39, 0.29) is 0 Å². The molecule has 0 bridgehead atoms. The highest BCUT2D eigenvalue weighted by atomic mass is 32.1. The van der Waals surface area contributed by atoms with Gasteiger partial charge < -0.3 is 14.2 Å². The number of ether oxygens (including phenoxy) is 3. The Morgan fingerprint density at radius 2 is 1.81 bits per heavy atom. The number of rotatable bonds is 6. The van der Waals surface area contributed by atoms with E-state index in [1.54, 1.807) is 27.4 Å². The highest BCUT2D eigenvalue weighted by Crippen LogP contribution is 2.34. The maximum absolute atomic E-state index is 9.64. The SMILES string of the molecule is COc1ccc(-c2csc(/C(C#N)=C/c3cccc(OC)c3OC)n2)cc1. The van der Waals surface area contributed by atoms with Crippen LogP contribution in [0.15, 0.2) is 47.8 Å². The van der Waals surface area contributed by atoms with Crippen LogP contribution in [0, 0.1) is 11.3 Å². The molecule has 3 aromatic rings. The summed E-state index contributed by atoms with van der Waals surface area (Å²) in [4.78, 5) is 4.62. The van der Waals surface area contributed by atoms with Crippen LogP contribution in [0.4, 0.5) is 0 Å². The molecule has 0 fully saturated rings. The van der Waals surface area contributed by atoms with E-state index < -0.39 is 0 Å². The summed E-state index contributed by atoms with van der Waals surface area (Å²) in [5.74, 6) is 1.98. The minimum absolute atomic E-state index is 0.464. The lowest BCUT2D eigenvalue weighted by molar-refractivity contribution is 0.354. The monoisotopic (exact) mass is 378 g/mol. The molecule has 1 heterocycles. The molecule has 0 saturated carbocycles. The molecular formula is C21H18N2O3S. The topological polar surface area (TPSA) is 64.4 Å². The van der Waals surface area contributed by atoms with Gasteiger partial charge in [-0.1, -0.05) is 12.1 Å². The van der Waals surface area contributed by atoms with E-state index in [0.717, 1.165) is 22.6 Å². The molecular weight excluding hydrogens is 360 g/mol. The number of hydrogen-bond acceptors (Lipinski definition) is 6. The minimum Gasteiger partial charge on any atom is -0.497 e. The van der Waals surface area contributed by atoms with E-state index in [2.05, 4.69) is 11.1 Å². The molecule has 5 nitrogen and oxygen atoms in total. The smallest absolute Gasteiger partial charge is 0.167 e. The predicted octanol–water partition coefficient (Wildman–Crippen LogP) is 4.90. The Morgan fingerprint density at radius 1 is 1.04 bits per heavy atom. The molecule has 0 radical (unpaired) electrons. The molecule has 0 aliphatic carbocycles. The van der Waals surface area contributed by atoms with Gasteiger partial charge in [0, 0.05) is 16.5 Å². The van der Waals surface area contributed by atoms with Crippen molar-refractivity contribution in [3.05, 3.63) is 58.4 Å². The van der Waals surface area contributed by atoms with E-state index in [4.69, 9.17) is 14.2 Å². The molecule has 0 N–H and O–H groups in total. The molecule has 1 aromatic heterocycles. The number of nitrogens with zero attached hydrogens (tertiary/aromatic N) is 2. The first-order valence-electron chi connectivity index (χ1n) is 8.13. The zero-order chi connectivity index (χ0) is 19.2. The van der Waals surface area contributed by atoms with E-state index >= 15 is 0 Å². The van der Waals surface area contributed by atoms with Gasteiger partial charge in [-0.2, -0.15) is 5.26 Å². The van der Waals surface area contributed by atoms with Crippen molar-refractivity contribution in [2.24, 2.45) is 0 Å². The molecule has 6 heteroatoms. The van der Waals surface area contributed by atoms with Crippen molar-refractivity contribution < 1.29 is 14.2 Å². The van der Waals surface area contributed by atoms with Crippen molar-refractivity contribution in [1.82, 2.24) is 4.98 Å². The first-order valence-corrected chi connectivity index (χ1v) is 9.01. The largest absolute Gasteiger partial charge is 0.497 e. The average molecular weight is 378 g/mol. The number of allylic oxidation sites excluding steroid dienone is 1. The fourth-order valence-corrected chi connectivity index (χ4v) is 3.41. The van der Waals surface area contributed by atoms with E-state index in [1.807, 2.05) is 47.8 Å². The first-order chi connectivity index (χ1) is 13.2. The van der Waals surface area contributed by atoms with Crippen molar-refractivity contribution in [3.63, 3.8) is 0 Å². The molecule has 136 valence electrons. The van der Waals surface area contributed by atoms with Crippen LogP contribution in [0.3, 0.4) is 0 Å². The van der Waals surface area contributed by atoms with Crippen LogP contribution in [0.5, 0.6) is 17.2 Å². The summed E-state index contributed by atoms with van der Waals surface area (Å²) < 4.78 is 15.9. The van der Waals surface area contributed by atoms with Crippen LogP contribution >= 0.6 is 11.3 Å². The van der Waals surface area contributed by atoms with Gasteiger partial charge in [0.2, 0.25) is 0 Å². The number of hydrogen-bond donors (Lipinski definition) is 0. The molecule has 0 aliphatic rings. The summed E-state index contributed by atoms with van der Waals surface area (Å²) in [6, 6.07) is 15.4. The fraction of sp³-hybridized carbons (Fsp3) is 0.143. The molecule has 0 saturated heterocycles. The van der Waals surface area contributed by atoms with Gasteiger partial charge in [0.05, 0.1) is 32.6 Å². The van der Waals surface area contributed by atoms with Crippen molar-refractivity contribution in [2.45, 2.75) is 0 Å². The van der Waals surface area contributed by atoms with Crippen LogP contribution in [0.1, 0.15) is 10.6 Å². The van der Waals surface area contributed by atoms with Gasteiger partial charge >= 0.3 is 0 Å².